The summed E-state index contributed by atoms with van der Waals surface area (Å²) < 4.78 is 10.0. The second-order valence-electron chi connectivity index (χ2n) is 5.73. The first-order valence-electron chi connectivity index (χ1n) is 7.78. The van der Waals surface area contributed by atoms with Crippen LogP contribution < -0.4 is 0 Å². The van der Waals surface area contributed by atoms with Crippen molar-refractivity contribution < 1.29 is 4.74 Å². The van der Waals surface area contributed by atoms with Gasteiger partial charge in [-0.15, -0.1) is 11.6 Å². The summed E-state index contributed by atoms with van der Waals surface area (Å²) >= 11 is 6.12. The molecule has 1 fully saturated rings. The van der Waals surface area contributed by atoms with E-state index in [-0.39, 0.29) is 0 Å². The fraction of sp³-hybridized carbons (Fsp3) is 0.733. The molecule has 2 aromatic rings. The molecular weight excluding hydrogens is 288 g/mol. The Labute approximate surface area is 130 Å². The predicted octanol–water partition coefficient (Wildman–Crippen LogP) is 2.89. The van der Waals surface area contributed by atoms with Crippen molar-refractivity contribution in [2.45, 2.75) is 51.6 Å². The Hall–Kier alpha value is -1.07. The molecule has 0 amide bonds. The van der Waals surface area contributed by atoms with Gasteiger partial charge < -0.3 is 9.30 Å². The number of hydrogen-bond acceptors (Lipinski definition) is 3. The molecule has 1 aliphatic rings. The minimum Gasteiger partial charge on any atom is -0.378 e. The third kappa shape index (κ3) is 2.46. The Balaban J connectivity index is 2.02. The van der Waals surface area contributed by atoms with Gasteiger partial charge in [0.05, 0.1) is 17.7 Å². The molecule has 2 aromatic heterocycles. The fourth-order valence-electron chi connectivity index (χ4n) is 3.41. The van der Waals surface area contributed by atoms with E-state index in [4.69, 9.17) is 21.3 Å². The summed E-state index contributed by atoms with van der Waals surface area (Å²) in [6.45, 7) is 6.08. The number of aryl methyl sites for hydroxylation is 2. The molecule has 2 unspecified atom stereocenters. The van der Waals surface area contributed by atoms with Gasteiger partial charge in [-0.25, -0.2) is 4.98 Å². The molecule has 2 atom stereocenters. The largest absolute Gasteiger partial charge is 0.378 e. The monoisotopic (exact) mass is 310 g/mol. The van der Waals surface area contributed by atoms with Crippen molar-refractivity contribution in [3.05, 3.63) is 11.5 Å². The number of imidazole rings is 1. The lowest BCUT2D eigenvalue weighted by Gasteiger charge is -2.18. The lowest BCUT2D eigenvalue weighted by atomic mass is 9.99. The number of halogens is 1. The van der Waals surface area contributed by atoms with Crippen molar-refractivity contribution in [1.82, 2.24) is 19.3 Å². The van der Waals surface area contributed by atoms with Crippen LogP contribution in [-0.2, 0) is 30.6 Å². The maximum Gasteiger partial charge on any atom is 0.158 e. The topological polar surface area (TPSA) is 44.9 Å². The summed E-state index contributed by atoms with van der Waals surface area (Å²) in [5, 5.41) is 4.58. The molecule has 0 bridgehead atoms. The van der Waals surface area contributed by atoms with Crippen molar-refractivity contribution in [3.63, 3.8) is 0 Å². The van der Waals surface area contributed by atoms with Crippen molar-refractivity contribution in [3.8, 4) is 0 Å². The molecule has 1 saturated heterocycles. The maximum atomic E-state index is 6.12. The minimum absolute atomic E-state index is 0.351. The molecule has 0 saturated carbocycles. The van der Waals surface area contributed by atoms with Gasteiger partial charge in [0.25, 0.3) is 0 Å². The summed E-state index contributed by atoms with van der Waals surface area (Å²) in [6, 6.07) is 0. The predicted molar refractivity (Wildman–Crippen MR) is 83.6 cm³/mol. The van der Waals surface area contributed by atoms with Gasteiger partial charge in [-0.1, -0.05) is 13.8 Å². The zero-order chi connectivity index (χ0) is 15.0. The molecule has 0 radical (unpaired) electrons. The Morgan fingerprint density at radius 2 is 2.19 bits per heavy atom. The van der Waals surface area contributed by atoms with Gasteiger partial charge in [0.1, 0.15) is 11.3 Å². The highest BCUT2D eigenvalue weighted by Gasteiger charge is 2.29. The van der Waals surface area contributed by atoms with Crippen molar-refractivity contribution >= 4 is 22.8 Å². The lowest BCUT2D eigenvalue weighted by Crippen LogP contribution is -2.21. The Morgan fingerprint density at radius 1 is 1.38 bits per heavy atom. The van der Waals surface area contributed by atoms with Gasteiger partial charge >= 0.3 is 0 Å². The summed E-state index contributed by atoms with van der Waals surface area (Å²) in [6.07, 6.45) is 3.41. The standard InChI is InChI=1S/C15H23ClN4O/c1-4-11-14-15(19(3)18-11)20(13(8-16)17-14)9-10-6-7-21-12(10)5-2/h10,12H,4-9H2,1-3H3. The van der Waals surface area contributed by atoms with Crippen LogP contribution in [0.2, 0.25) is 0 Å². The molecule has 116 valence electrons. The first kappa shape index (κ1) is 14.9. The van der Waals surface area contributed by atoms with E-state index < -0.39 is 0 Å². The number of hydrogen-bond donors (Lipinski definition) is 0. The highest BCUT2D eigenvalue weighted by molar-refractivity contribution is 6.16. The van der Waals surface area contributed by atoms with E-state index in [1.54, 1.807) is 0 Å². The molecule has 1 aliphatic heterocycles. The number of ether oxygens (including phenoxy) is 1. The van der Waals surface area contributed by atoms with Crippen LogP contribution >= 0.6 is 11.6 Å². The smallest absolute Gasteiger partial charge is 0.158 e. The van der Waals surface area contributed by atoms with Gasteiger partial charge in [0.2, 0.25) is 0 Å². The van der Waals surface area contributed by atoms with E-state index in [1.807, 2.05) is 11.7 Å². The zero-order valence-electron chi connectivity index (χ0n) is 13.0. The van der Waals surface area contributed by atoms with Crippen LogP contribution in [0.3, 0.4) is 0 Å². The summed E-state index contributed by atoms with van der Waals surface area (Å²) in [5.41, 5.74) is 3.14. The average molecular weight is 311 g/mol. The number of rotatable bonds is 5. The van der Waals surface area contributed by atoms with Crippen molar-refractivity contribution in [1.29, 1.82) is 0 Å². The van der Waals surface area contributed by atoms with E-state index in [9.17, 15) is 0 Å². The maximum absolute atomic E-state index is 6.12. The van der Waals surface area contributed by atoms with Crippen LogP contribution in [0, 0.1) is 5.92 Å². The summed E-state index contributed by atoms with van der Waals surface area (Å²) in [4.78, 5) is 4.72. The van der Waals surface area contributed by atoms with E-state index in [1.165, 1.54) is 0 Å². The third-order valence-electron chi connectivity index (χ3n) is 4.49. The number of alkyl halides is 1. The van der Waals surface area contributed by atoms with E-state index in [2.05, 4.69) is 23.5 Å². The number of fused-ring (bicyclic) bond motifs is 1. The van der Waals surface area contributed by atoms with Crippen LogP contribution in [0.1, 0.15) is 38.2 Å². The highest BCUT2D eigenvalue weighted by atomic mass is 35.5. The quantitative estimate of drug-likeness (QED) is 0.798. The summed E-state index contributed by atoms with van der Waals surface area (Å²) in [5.74, 6) is 1.91. The molecule has 3 heterocycles. The number of aromatic nitrogens is 4. The third-order valence-corrected chi connectivity index (χ3v) is 4.73. The Morgan fingerprint density at radius 3 is 2.86 bits per heavy atom. The molecule has 21 heavy (non-hydrogen) atoms. The van der Waals surface area contributed by atoms with E-state index in [0.29, 0.717) is 17.9 Å². The Bertz CT molecular complexity index is 633. The first-order valence-corrected chi connectivity index (χ1v) is 8.31. The SMILES string of the molecule is CCc1nn(C)c2c1nc(CCl)n2CC1CCOC1CC. The van der Waals surface area contributed by atoms with Crippen LogP contribution in [0.5, 0.6) is 0 Å². The average Bonchev–Trinajstić information content (AvgIpc) is 3.15. The fourth-order valence-corrected chi connectivity index (χ4v) is 3.61. The second kappa shape index (κ2) is 5.97. The summed E-state index contributed by atoms with van der Waals surface area (Å²) in [7, 11) is 1.99. The molecule has 6 heteroatoms. The minimum atomic E-state index is 0.351. The first-order chi connectivity index (χ1) is 10.2. The molecule has 0 spiro atoms. The highest BCUT2D eigenvalue weighted by Crippen LogP contribution is 2.28. The van der Waals surface area contributed by atoms with E-state index >= 15 is 0 Å². The molecular formula is C15H23ClN4O. The van der Waals surface area contributed by atoms with Gasteiger partial charge in [-0.3, -0.25) is 4.68 Å². The van der Waals surface area contributed by atoms with Crippen LogP contribution in [0.25, 0.3) is 11.2 Å². The van der Waals surface area contributed by atoms with Crippen molar-refractivity contribution in [2.24, 2.45) is 13.0 Å². The second-order valence-corrected chi connectivity index (χ2v) is 6.00. The van der Waals surface area contributed by atoms with Crippen LogP contribution in [-0.4, -0.2) is 32.0 Å². The van der Waals surface area contributed by atoms with Crippen molar-refractivity contribution in [2.75, 3.05) is 6.61 Å². The van der Waals surface area contributed by atoms with E-state index in [0.717, 1.165) is 55.1 Å². The molecule has 0 N–H and O–H groups in total. The molecule has 3 rings (SSSR count). The van der Waals surface area contributed by atoms with Crippen LogP contribution in [0.4, 0.5) is 0 Å². The van der Waals surface area contributed by atoms with Crippen LogP contribution in [0.15, 0.2) is 0 Å². The Kier molecular flexibility index (Phi) is 4.22. The zero-order valence-corrected chi connectivity index (χ0v) is 13.7. The molecule has 0 aliphatic carbocycles. The molecule has 5 nitrogen and oxygen atoms in total. The lowest BCUT2D eigenvalue weighted by molar-refractivity contribution is 0.0835. The van der Waals surface area contributed by atoms with Gasteiger partial charge in [-0.2, -0.15) is 5.10 Å². The van der Waals surface area contributed by atoms with Gasteiger partial charge in [0.15, 0.2) is 5.65 Å². The number of nitrogens with zero attached hydrogens (tertiary/aromatic N) is 4. The van der Waals surface area contributed by atoms with Gasteiger partial charge in [-0.05, 0) is 19.3 Å². The van der Waals surface area contributed by atoms with Gasteiger partial charge in [0, 0.05) is 26.1 Å². The normalized spacial score (nSPS) is 22.5. The molecule has 0 aromatic carbocycles.